The average Bonchev–Trinajstić information content (AvgIpc) is 3.67. The SMILES string of the molecule is CC(CC(N1CCC2C(C1)c1cccc3c1N2CCCS3)C(C)(CCN1CCC2C(C1)c1cccc3c1N2CCCS3)C(O)(c1ccc(Cl)cc1)c1ccc(Cl)cc1)C(O)(c1ccc(Cl)cc1)c1ccc(Cl)cc1. The third-order valence-corrected chi connectivity index (χ3v) is 21.7. The van der Waals surface area contributed by atoms with E-state index in [1.807, 2.05) is 121 Å². The predicted octanol–water partition coefficient (Wildman–Crippen LogP) is 14.6. The van der Waals surface area contributed by atoms with E-state index in [4.69, 9.17) is 46.4 Å². The molecule has 2 N–H and O–H groups in total. The van der Waals surface area contributed by atoms with Crippen molar-refractivity contribution in [3.63, 3.8) is 0 Å². The lowest BCUT2D eigenvalue weighted by molar-refractivity contribution is -0.122. The van der Waals surface area contributed by atoms with Gasteiger partial charge in [0.05, 0.1) is 11.4 Å². The predicted molar refractivity (Wildman–Crippen MR) is 311 cm³/mol. The van der Waals surface area contributed by atoms with Crippen molar-refractivity contribution in [2.75, 3.05) is 67.1 Å². The number of rotatable bonds is 13. The minimum absolute atomic E-state index is 0.262. The fourth-order valence-corrected chi connectivity index (χ4v) is 17.3. The van der Waals surface area contributed by atoms with Crippen LogP contribution in [0.15, 0.2) is 143 Å². The fourth-order valence-electron chi connectivity index (χ4n) is 14.7. The second-order valence-corrected chi connectivity index (χ2v) is 26.2. The molecule has 0 aromatic heterocycles. The minimum atomic E-state index is -1.55. The first kappa shape index (κ1) is 51.4. The molecule has 6 aromatic carbocycles. The zero-order valence-corrected chi connectivity index (χ0v) is 46.9. The summed E-state index contributed by atoms with van der Waals surface area (Å²) in [5, 5.41) is 31.0. The van der Waals surface area contributed by atoms with E-state index >= 15 is 0 Å². The van der Waals surface area contributed by atoms with Gasteiger partial charge in [-0.2, -0.15) is 0 Å². The second-order valence-electron chi connectivity index (χ2n) is 22.2. The number of benzene rings is 6. The number of nitrogens with zero attached hydrogens (tertiary/aromatic N) is 4. The molecule has 0 aliphatic carbocycles. The van der Waals surface area contributed by atoms with E-state index < -0.39 is 16.6 Å². The third-order valence-electron chi connectivity index (χ3n) is 18.4. The molecule has 0 bridgehead atoms. The maximum Gasteiger partial charge on any atom is 0.121 e. The number of para-hydroxylation sites is 2. The Hall–Kier alpha value is -3.38. The first-order valence-corrected chi connectivity index (χ1v) is 30.3. The number of anilines is 2. The zero-order chi connectivity index (χ0) is 50.9. The molecule has 0 amide bonds. The van der Waals surface area contributed by atoms with Crippen LogP contribution < -0.4 is 9.80 Å². The fraction of sp³-hybridized carbons (Fsp3) is 0.419. The van der Waals surface area contributed by atoms with Gasteiger partial charge in [-0.1, -0.05) is 133 Å². The van der Waals surface area contributed by atoms with Gasteiger partial charge in [-0.15, -0.1) is 23.5 Å². The van der Waals surface area contributed by atoms with Crippen molar-refractivity contribution in [1.82, 2.24) is 9.80 Å². The Morgan fingerprint density at radius 2 is 1.01 bits per heavy atom. The molecular weight excluding hydrogens is 1040 g/mol. The van der Waals surface area contributed by atoms with Crippen LogP contribution in [-0.2, 0) is 11.2 Å². The Labute approximate surface area is 466 Å². The molecule has 6 heterocycles. The molecule has 2 fully saturated rings. The second kappa shape index (κ2) is 20.8. The molecule has 6 nitrogen and oxygen atoms in total. The van der Waals surface area contributed by atoms with Crippen molar-refractivity contribution in [3.8, 4) is 0 Å². The summed E-state index contributed by atoms with van der Waals surface area (Å²) in [5.74, 6) is 2.63. The summed E-state index contributed by atoms with van der Waals surface area (Å²) in [5.41, 5.74) is 5.05. The van der Waals surface area contributed by atoms with Crippen LogP contribution in [0.3, 0.4) is 0 Å². The van der Waals surface area contributed by atoms with Gasteiger partial charge >= 0.3 is 0 Å². The van der Waals surface area contributed by atoms with Gasteiger partial charge in [0.2, 0.25) is 0 Å². The molecular formula is C62H66Cl4N4O2S2. The maximum absolute atomic E-state index is 14.8. The van der Waals surface area contributed by atoms with Crippen LogP contribution in [0.1, 0.15) is 97.6 Å². The number of aliphatic hydroxyl groups is 2. The van der Waals surface area contributed by atoms with E-state index in [0.717, 1.165) is 93.1 Å². The molecule has 0 spiro atoms. The molecule has 6 aromatic rings. The Morgan fingerprint density at radius 1 is 0.568 bits per heavy atom. The Kier molecular flexibility index (Phi) is 14.4. The number of hydrogen-bond acceptors (Lipinski definition) is 8. The van der Waals surface area contributed by atoms with Crippen LogP contribution in [-0.4, -0.2) is 95.5 Å². The molecule has 6 aliphatic rings. The van der Waals surface area contributed by atoms with E-state index in [1.165, 1.54) is 44.5 Å². The number of thioether (sulfide) groups is 2. The smallest absolute Gasteiger partial charge is 0.121 e. The van der Waals surface area contributed by atoms with E-state index in [0.29, 0.717) is 50.9 Å². The van der Waals surface area contributed by atoms with Gasteiger partial charge in [0.25, 0.3) is 0 Å². The monoisotopic (exact) mass is 1100 g/mol. The van der Waals surface area contributed by atoms with Gasteiger partial charge in [-0.05, 0) is 157 Å². The highest BCUT2D eigenvalue weighted by Gasteiger charge is 2.58. The lowest BCUT2D eigenvalue weighted by Gasteiger charge is -2.57. The van der Waals surface area contributed by atoms with E-state index in [2.05, 4.69) is 69.8 Å². The number of fused-ring (bicyclic) bond motifs is 6. The summed E-state index contributed by atoms with van der Waals surface area (Å²) in [6, 6.07) is 45.7. The molecule has 74 heavy (non-hydrogen) atoms. The summed E-state index contributed by atoms with van der Waals surface area (Å²) in [6.45, 7) is 11.2. The molecule has 7 unspecified atom stereocenters. The highest BCUT2D eigenvalue weighted by molar-refractivity contribution is 7.99. The van der Waals surface area contributed by atoms with Crippen LogP contribution in [0.2, 0.25) is 20.1 Å². The average molecular weight is 1110 g/mol. The van der Waals surface area contributed by atoms with Gasteiger partial charge in [0, 0.05) is 105 Å². The molecule has 7 atom stereocenters. The van der Waals surface area contributed by atoms with Crippen LogP contribution in [0.5, 0.6) is 0 Å². The molecule has 2 saturated heterocycles. The highest BCUT2D eigenvalue weighted by Crippen LogP contribution is 2.58. The highest BCUT2D eigenvalue weighted by atomic mass is 35.5. The number of likely N-dealkylation sites (tertiary alicyclic amines) is 2. The quantitative estimate of drug-likeness (QED) is 0.119. The summed E-state index contributed by atoms with van der Waals surface area (Å²) in [6.07, 6.45) is 5.68. The topological polar surface area (TPSA) is 53.4 Å². The van der Waals surface area contributed by atoms with E-state index in [1.54, 1.807) is 0 Å². The van der Waals surface area contributed by atoms with Gasteiger partial charge in [-0.3, -0.25) is 4.90 Å². The first-order valence-electron chi connectivity index (χ1n) is 26.8. The molecule has 12 heteroatoms. The molecule has 6 aliphatic heterocycles. The lowest BCUT2D eigenvalue weighted by atomic mass is 9.57. The van der Waals surface area contributed by atoms with Gasteiger partial charge in [0.1, 0.15) is 11.2 Å². The summed E-state index contributed by atoms with van der Waals surface area (Å²) >= 11 is 30.7. The molecule has 12 rings (SSSR count). The molecule has 386 valence electrons. The largest absolute Gasteiger partial charge is 0.380 e. The van der Waals surface area contributed by atoms with E-state index in [9.17, 15) is 10.2 Å². The van der Waals surface area contributed by atoms with E-state index in [-0.39, 0.29) is 17.9 Å². The Bertz CT molecular complexity index is 2890. The van der Waals surface area contributed by atoms with Crippen LogP contribution >= 0.6 is 69.9 Å². The van der Waals surface area contributed by atoms with Gasteiger partial charge in [0.15, 0.2) is 0 Å². The summed E-state index contributed by atoms with van der Waals surface area (Å²) in [4.78, 5) is 13.8. The summed E-state index contributed by atoms with van der Waals surface area (Å²) < 4.78 is 0. The van der Waals surface area contributed by atoms with Crippen molar-refractivity contribution >= 4 is 81.3 Å². The third kappa shape index (κ3) is 8.91. The Morgan fingerprint density at radius 3 is 1.50 bits per heavy atom. The van der Waals surface area contributed by atoms with Gasteiger partial charge < -0.3 is 24.9 Å². The first-order chi connectivity index (χ1) is 35.8. The van der Waals surface area contributed by atoms with Crippen molar-refractivity contribution in [2.24, 2.45) is 11.3 Å². The van der Waals surface area contributed by atoms with Crippen LogP contribution in [0.25, 0.3) is 0 Å². The van der Waals surface area contributed by atoms with Crippen LogP contribution in [0, 0.1) is 11.3 Å². The van der Waals surface area contributed by atoms with Crippen molar-refractivity contribution < 1.29 is 10.2 Å². The van der Waals surface area contributed by atoms with Crippen LogP contribution in [0.4, 0.5) is 11.4 Å². The minimum Gasteiger partial charge on any atom is -0.380 e. The Balaban J connectivity index is 1.01. The standard InChI is InChI=1S/C62H66Cl4N4O2S2/c1-40(61(71,41-11-19-45(63)20-12-41)42-13-21-46(64)22-14-42)37-57(68-33-28-54-52(39-68)50-8-4-10-56-59(50)70(54)31-6-36-74-56)60(2,62(72,43-15-23-47(65)24-16-43)44-17-25-48(66)26-18-44)29-34-67-32-27-53-51(38-67)49-7-3-9-55-58(49)69(53)30-5-35-73-55/h3-4,7-26,40,51-54,57,71-72H,5-6,27-39H2,1-2H3. The van der Waals surface area contributed by atoms with Crippen molar-refractivity contribution in [1.29, 1.82) is 0 Å². The van der Waals surface area contributed by atoms with Gasteiger partial charge in [-0.25, -0.2) is 0 Å². The summed E-state index contributed by atoms with van der Waals surface area (Å²) in [7, 11) is 0. The molecule has 0 radical (unpaired) electrons. The number of piperidine rings is 2. The van der Waals surface area contributed by atoms with Crippen molar-refractivity contribution in [3.05, 3.63) is 187 Å². The number of halogens is 4. The lowest BCUT2D eigenvalue weighted by Crippen LogP contribution is -2.62. The normalized spacial score (nSPS) is 23.5. The zero-order valence-electron chi connectivity index (χ0n) is 42.3. The van der Waals surface area contributed by atoms with Crippen molar-refractivity contribution in [2.45, 2.75) is 103 Å². The molecule has 0 saturated carbocycles. The maximum atomic E-state index is 14.8. The number of hydrogen-bond donors (Lipinski definition) is 2.